The largest absolute Gasteiger partial charge is 0.497 e. The van der Waals surface area contributed by atoms with Crippen LogP contribution in [0.4, 0.5) is 10.1 Å². The summed E-state index contributed by atoms with van der Waals surface area (Å²) in [7, 11) is 3.06. The summed E-state index contributed by atoms with van der Waals surface area (Å²) in [5.41, 5.74) is 1.32. The molecule has 24 heavy (non-hydrogen) atoms. The van der Waals surface area contributed by atoms with E-state index in [2.05, 4.69) is 15.9 Å². The number of anilines is 1. The molecule has 4 nitrogen and oxygen atoms in total. The quantitative estimate of drug-likeness (QED) is 0.656. The Balaban J connectivity index is 2.43. The highest BCUT2D eigenvalue weighted by Gasteiger charge is 2.18. The number of carbonyl (C=O) groups excluding carboxylic acids is 1. The molecule has 0 heterocycles. The first-order valence-electron chi connectivity index (χ1n) is 7.01. The third-order valence-electron chi connectivity index (χ3n) is 3.41. The second-order valence-corrected chi connectivity index (χ2v) is 6.04. The van der Waals surface area contributed by atoms with Crippen LogP contribution in [0.1, 0.15) is 5.56 Å². The van der Waals surface area contributed by atoms with Crippen molar-refractivity contribution in [2.75, 3.05) is 25.0 Å². The molecular formula is C17H16BrClFNO3. The number of halogens is 3. The number of rotatable bonds is 6. The average Bonchev–Trinajstić information content (AvgIpc) is 2.59. The Kier molecular flexibility index (Phi) is 6.45. The fraction of sp³-hybridized carbons (Fsp3) is 0.235. The van der Waals surface area contributed by atoms with Gasteiger partial charge in [0.15, 0.2) is 0 Å². The summed E-state index contributed by atoms with van der Waals surface area (Å²) in [5.74, 6) is 0.273. The first kappa shape index (κ1) is 18.5. The van der Waals surface area contributed by atoms with Crippen molar-refractivity contribution in [2.45, 2.75) is 6.54 Å². The van der Waals surface area contributed by atoms with Crippen LogP contribution in [0.5, 0.6) is 11.5 Å². The van der Waals surface area contributed by atoms with Gasteiger partial charge in [-0.05, 0) is 17.7 Å². The fourth-order valence-corrected chi connectivity index (χ4v) is 2.78. The van der Waals surface area contributed by atoms with Gasteiger partial charge in [-0.2, -0.15) is 0 Å². The summed E-state index contributed by atoms with van der Waals surface area (Å²) in [6.45, 7) is 0.225. The number of methoxy groups -OCH3 is 2. The van der Waals surface area contributed by atoms with Gasteiger partial charge in [-0.25, -0.2) is 4.39 Å². The number of hydrogen-bond donors (Lipinski definition) is 0. The molecule has 0 bridgehead atoms. The molecule has 2 aromatic carbocycles. The standard InChI is InChI=1S/C17H16BrClFNO3/c1-23-14-6-13(7-15(8-14)24-2)21(17(22)9-19)10-11-3-4-12(20)5-16(11)18/h3-8H,9-10H2,1-2H3. The monoisotopic (exact) mass is 415 g/mol. The lowest BCUT2D eigenvalue weighted by Gasteiger charge is -2.24. The molecule has 2 rings (SSSR count). The molecular weight excluding hydrogens is 401 g/mol. The first-order valence-corrected chi connectivity index (χ1v) is 8.34. The van der Waals surface area contributed by atoms with E-state index in [-0.39, 0.29) is 24.1 Å². The molecule has 0 spiro atoms. The SMILES string of the molecule is COc1cc(OC)cc(N(Cc2ccc(F)cc2Br)C(=O)CCl)c1. The number of carbonyl (C=O) groups is 1. The Morgan fingerprint density at radius 2 is 1.79 bits per heavy atom. The van der Waals surface area contributed by atoms with Crippen molar-refractivity contribution in [1.82, 2.24) is 0 Å². The highest BCUT2D eigenvalue weighted by atomic mass is 79.9. The molecule has 0 radical (unpaired) electrons. The van der Waals surface area contributed by atoms with Crippen molar-refractivity contribution >= 4 is 39.1 Å². The van der Waals surface area contributed by atoms with Crippen LogP contribution in [-0.2, 0) is 11.3 Å². The molecule has 0 aromatic heterocycles. The lowest BCUT2D eigenvalue weighted by atomic mass is 10.1. The van der Waals surface area contributed by atoms with Crippen LogP contribution in [0.2, 0.25) is 0 Å². The van der Waals surface area contributed by atoms with Gasteiger partial charge < -0.3 is 14.4 Å². The average molecular weight is 417 g/mol. The van der Waals surface area contributed by atoms with Gasteiger partial charge in [-0.3, -0.25) is 4.79 Å². The second-order valence-electron chi connectivity index (χ2n) is 4.92. The van der Waals surface area contributed by atoms with E-state index in [4.69, 9.17) is 21.1 Å². The maximum atomic E-state index is 13.3. The van der Waals surface area contributed by atoms with Gasteiger partial charge in [0, 0.05) is 22.7 Å². The van der Waals surface area contributed by atoms with Crippen molar-refractivity contribution in [1.29, 1.82) is 0 Å². The molecule has 1 amide bonds. The summed E-state index contributed by atoms with van der Waals surface area (Å²) < 4.78 is 24.3. The van der Waals surface area contributed by atoms with Crippen LogP contribution in [0.15, 0.2) is 40.9 Å². The van der Waals surface area contributed by atoms with Crippen molar-refractivity contribution < 1.29 is 18.7 Å². The van der Waals surface area contributed by atoms with E-state index in [9.17, 15) is 9.18 Å². The second kappa shape index (κ2) is 8.35. The zero-order valence-corrected chi connectivity index (χ0v) is 15.5. The van der Waals surface area contributed by atoms with E-state index in [1.54, 1.807) is 24.3 Å². The molecule has 0 saturated heterocycles. The molecule has 2 aromatic rings. The molecule has 0 atom stereocenters. The Hall–Kier alpha value is -1.79. The first-order chi connectivity index (χ1) is 11.5. The lowest BCUT2D eigenvalue weighted by molar-refractivity contribution is -0.116. The summed E-state index contributed by atoms with van der Waals surface area (Å²) >= 11 is 9.06. The number of ether oxygens (including phenoxy) is 2. The van der Waals surface area contributed by atoms with Gasteiger partial charge >= 0.3 is 0 Å². The molecule has 0 unspecified atom stereocenters. The van der Waals surface area contributed by atoms with Crippen LogP contribution in [0, 0.1) is 5.82 Å². The van der Waals surface area contributed by atoms with E-state index in [0.717, 1.165) is 5.56 Å². The number of nitrogens with zero attached hydrogens (tertiary/aromatic N) is 1. The van der Waals surface area contributed by atoms with Crippen LogP contribution < -0.4 is 14.4 Å². The van der Waals surface area contributed by atoms with E-state index in [1.165, 1.54) is 31.3 Å². The van der Waals surface area contributed by atoms with Crippen LogP contribution in [0.25, 0.3) is 0 Å². The predicted molar refractivity (Wildman–Crippen MR) is 95.6 cm³/mol. The number of benzene rings is 2. The summed E-state index contributed by atoms with van der Waals surface area (Å²) in [4.78, 5) is 13.8. The smallest absolute Gasteiger partial charge is 0.242 e. The zero-order valence-electron chi connectivity index (χ0n) is 13.2. The molecule has 0 aliphatic rings. The third-order valence-corrected chi connectivity index (χ3v) is 4.37. The van der Waals surface area contributed by atoms with Gasteiger partial charge in [0.2, 0.25) is 5.91 Å². The summed E-state index contributed by atoms with van der Waals surface area (Å²) in [6.07, 6.45) is 0. The molecule has 7 heteroatoms. The van der Waals surface area contributed by atoms with Gasteiger partial charge in [0.05, 0.1) is 26.5 Å². The van der Waals surface area contributed by atoms with Crippen molar-refractivity contribution in [3.05, 3.63) is 52.3 Å². The number of hydrogen-bond acceptors (Lipinski definition) is 3. The van der Waals surface area contributed by atoms with Crippen LogP contribution >= 0.6 is 27.5 Å². The Labute approximate surface area is 153 Å². The van der Waals surface area contributed by atoms with E-state index in [1.807, 2.05) is 0 Å². The molecule has 0 aliphatic carbocycles. The Morgan fingerprint density at radius 3 is 2.29 bits per heavy atom. The maximum absolute atomic E-state index is 13.3. The summed E-state index contributed by atoms with van der Waals surface area (Å²) in [5, 5.41) is 0. The Bertz CT molecular complexity index is 720. The number of alkyl halides is 1. The molecule has 128 valence electrons. The highest BCUT2D eigenvalue weighted by Crippen LogP contribution is 2.30. The van der Waals surface area contributed by atoms with Crippen molar-refractivity contribution in [2.24, 2.45) is 0 Å². The van der Waals surface area contributed by atoms with Gasteiger partial charge in [0.25, 0.3) is 0 Å². The Morgan fingerprint density at radius 1 is 1.17 bits per heavy atom. The van der Waals surface area contributed by atoms with E-state index in [0.29, 0.717) is 21.7 Å². The van der Waals surface area contributed by atoms with Crippen LogP contribution in [-0.4, -0.2) is 26.0 Å². The summed E-state index contributed by atoms with van der Waals surface area (Å²) in [6, 6.07) is 9.45. The minimum absolute atomic E-state index is 0.182. The van der Waals surface area contributed by atoms with Crippen LogP contribution in [0.3, 0.4) is 0 Å². The minimum atomic E-state index is -0.358. The zero-order chi connectivity index (χ0) is 17.7. The maximum Gasteiger partial charge on any atom is 0.242 e. The minimum Gasteiger partial charge on any atom is -0.497 e. The highest BCUT2D eigenvalue weighted by molar-refractivity contribution is 9.10. The van der Waals surface area contributed by atoms with E-state index >= 15 is 0 Å². The molecule has 0 fully saturated rings. The lowest BCUT2D eigenvalue weighted by Crippen LogP contribution is -2.31. The molecule has 0 aliphatic heterocycles. The molecule has 0 N–H and O–H groups in total. The van der Waals surface area contributed by atoms with Gasteiger partial charge in [0.1, 0.15) is 23.2 Å². The number of amides is 1. The van der Waals surface area contributed by atoms with E-state index < -0.39 is 0 Å². The topological polar surface area (TPSA) is 38.8 Å². The molecule has 0 saturated carbocycles. The fourth-order valence-electron chi connectivity index (χ4n) is 2.16. The van der Waals surface area contributed by atoms with Crippen molar-refractivity contribution in [3.8, 4) is 11.5 Å². The predicted octanol–water partition coefficient (Wildman–Crippen LogP) is 4.38. The normalized spacial score (nSPS) is 10.4. The van der Waals surface area contributed by atoms with Crippen molar-refractivity contribution in [3.63, 3.8) is 0 Å². The van der Waals surface area contributed by atoms with Gasteiger partial charge in [-0.15, -0.1) is 11.6 Å². The van der Waals surface area contributed by atoms with Gasteiger partial charge in [-0.1, -0.05) is 22.0 Å². The third kappa shape index (κ3) is 4.39.